The molecule has 0 aromatic rings. The minimum Gasteiger partial charge on any atom is -0.372 e. The van der Waals surface area contributed by atoms with Crippen molar-refractivity contribution in [3.8, 4) is 0 Å². The normalized spacial score (nSPS) is 32.4. The zero-order chi connectivity index (χ0) is 13.2. The van der Waals surface area contributed by atoms with E-state index in [9.17, 15) is 0 Å². The summed E-state index contributed by atoms with van der Waals surface area (Å²) in [5.41, 5.74) is 0.882. The Hall–Kier alpha value is -0.0800. The minimum absolute atomic E-state index is 0.322. The van der Waals surface area contributed by atoms with Gasteiger partial charge in [0.05, 0.1) is 11.7 Å². The Morgan fingerprint density at radius 3 is 2.37 bits per heavy atom. The second-order valence-corrected chi connectivity index (χ2v) is 7.36. The first-order valence-electron chi connectivity index (χ1n) is 8.65. The van der Waals surface area contributed by atoms with Crippen molar-refractivity contribution in [3.63, 3.8) is 0 Å². The van der Waals surface area contributed by atoms with Crippen molar-refractivity contribution in [2.75, 3.05) is 13.1 Å². The first-order chi connectivity index (χ1) is 9.26. The zero-order valence-corrected chi connectivity index (χ0v) is 12.7. The molecule has 2 heteroatoms. The molecule has 0 aromatic carbocycles. The lowest BCUT2D eigenvalue weighted by molar-refractivity contribution is -0.0529. The second kappa shape index (κ2) is 5.73. The minimum atomic E-state index is 0.322. The van der Waals surface area contributed by atoms with E-state index < -0.39 is 0 Å². The van der Waals surface area contributed by atoms with Gasteiger partial charge in [0.1, 0.15) is 0 Å². The Labute approximate surface area is 118 Å². The lowest BCUT2D eigenvalue weighted by Gasteiger charge is -2.33. The van der Waals surface area contributed by atoms with E-state index in [-0.39, 0.29) is 0 Å². The maximum absolute atomic E-state index is 6.55. The molecule has 3 fully saturated rings. The molecule has 3 rings (SSSR count). The number of hydrogen-bond acceptors (Lipinski definition) is 2. The number of nitrogens with one attached hydrogen (secondary N) is 1. The van der Waals surface area contributed by atoms with Crippen molar-refractivity contribution >= 4 is 0 Å². The summed E-state index contributed by atoms with van der Waals surface area (Å²) in [6.45, 7) is 4.55. The largest absolute Gasteiger partial charge is 0.372 e. The fourth-order valence-electron chi connectivity index (χ4n) is 4.88. The second-order valence-electron chi connectivity index (χ2n) is 7.36. The van der Waals surface area contributed by atoms with Gasteiger partial charge in [0.15, 0.2) is 0 Å². The Kier molecular flexibility index (Phi) is 4.19. The lowest BCUT2D eigenvalue weighted by atomic mass is 9.80. The molecule has 110 valence electrons. The van der Waals surface area contributed by atoms with Crippen LogP contribution >= 0.6 is 0 Å². The highest BCUT2D eigenvalue weighted by Gasteiger charge is 2.45. The highest BCUT2D eigenvalue weighted by atomic mass is 16.5. The molecule has 1 heterocycles. The van der Waals surface area contributed by atoms with E-state index in [1.54, 1.807) is 0 Å². The third-order valence-corrected chi connectivity index (χ3v) is 5.93. The Balaban J connectivity index is 1.57. The molecule has 0 bridgehead atoms. The van der Waals surface area contributed by atoms with E-state index in [2.05, 4.69) is 12.2 Å². The molecule has 0 amide bonds. The summed E-state index contributed by atoms with van der Waals surface area (Å²) in [5, 5.41) is 3.61. The molecule has 2 aliphatic carbocycles. The van der Waals surface area contributed by atoms with Crippen LogP contribution in [0.25, 0.3) is 0 Å². The molecular formula is C17H31NO. The van der Waals surface area contributed by atoms with Gasteiger partial charge < -0.3 is 10.1 Å². The van der Waals surface area contributed by atoms with Gasteiger partial charge in [-0.15, -0.1) is 0 Å². The van der Waals surface area contributed by atoms with Crippen molar-refractivity contribution < 1.29 is 4.74 Å². The molecule has 1 atom stereocenters. The van der Waals surface area contributed by atoms with E-state index in [1.807, 2.05) is 0 Å². The van der Waals surface area contributed by atoms with Crippen LogP contribution in [0.15, 0.2) is 0 Å². The summed E-state index contributed by atoms with van der Waals surface area (Å²) >= 11 is 0. The van der Waals surface area contributed by atoms with E-state index in [0.29, 0.717) is 17.1 Å². The van der Waals surface area contributed by atoms with Crippen LogP contribution in [-0.2, 0) is 4.74 Å². The number of rotatable bonds is 5. The molecule has 0 radical (unpaired) electrons. The summed E-state index contributed by atoms with van der Waals surface area (Å²) in [5.74, 6) is 0. The van der Waals surface area contributed by atoms with Crippen molar-refractivity contribution in [2.45, 2.75) is 89.3 Å². The van der Waals surface area contributed by atoms with Gasteiger partial charge in [0.25, 0.3) is 0 Å². The summed E-state index contributed by atoms with van der Waals surface area (Å²) in [6, 6.07) is 0. The third kappa shape index (κ3) is 3.00. The standard InChI is InChI=1S/C17H31NO/c1-2-18-14-16(8-3-4-9-16)13-15-7-12-17(19-15)10-5-6-11-17/h15,18H,2-14H2,1H3. The molecule has 2 saturated carbocycles. The van der Waals surface area contributed by atoms with Crippen LogP contribution < -0.4 is 5.32 Å². The van der Waals surface area contributed by atoms with E-state index in [0.717, 1.165) is 6.54 Å². The van der Waals surface area contributed by atoms with E-state index in [1.165, 1.54) is 77.2 Å². The molecule has 1 spiro atoms. The SMILES string of the molecule is CCNCC1(CC2CCC3(CCCC3)O2)CCCC1. The topological polar surface area (TPSA) is 21.3 Å². The summed E-state index contributed by atoms with van der Waals surface area (Å²) < 4.78 is 6.55. The van der Waals surface area contributed by atoms with Gasteiger partial charge in [-0.3, -0.25) is 0 Å². The Bertz CT molecular complexity index is 290. The first-order valence-corrected chi connectivity index (χ1v) is 8.65. The summed E-state index contributed by atoms with van der Waals surface area (Å²) in [4.78, 5) is 0. The van der Waals surface area contributed by atoms with Crippen LogP contribution in [0.1, 0.15) is 77.6 Å². The predicted molar refractivity (Wildman–Crippen MR) is 79.4 cm³/mol. The van der Waals surface area contributed by atoms with Gasteiger partial charge in [-0.05, 0) is 56.9 Å². The summed E-state index contributed by atoms with van der Waals surface area (Å²) in [6.07, 6.45) is 15.7. The quantitative estimate of drug-likeness (QED) is 0.810. The fourth-order valence-corrected chi connectivity index (χ4v) is 4.88. The van der Waals surface area contributed by atoms with Crippen LogP contribution in [0.5, 0.6) is 0 Å². The highest BCUT2D eigenvalue weighted by Crippen LogP contribution is 2.48. The van der Waals surface area contributed by atoms with Crippen LogP contribution in [0, 0.1) is 5.41 Å². The summed E-state index contributed by atoms with van der Waals surface area (Å²) in [7, 11) is 0. The third-order valence-electron chi connectivity index (χ3n) is 5.93. The number of ether oxygens (including phenoxy) is 1. The van der Waals surface area contributed by atoms with Crippen molar-refractivity contribution in [3.05, 3.63) is 0 Å². The maximum Gasteiger partial charge on any atom is 0.0687 e. The van der Waals surface area contributed by atoms with Crippen molar-refractivity contribution in [1.29, 1.82) is 0 Å². The van der Waals surface area contributed by atoms with E-state index in [4.69, 9.17) is 4.74 Å². The van der Waals surface area contributed by atoms with Gasteiger partial charge in [0, 0.05) is 6.54 Å². The van der Waals surface area contributed by atoms with Crippen LogP contribution in [0.4, 0.5) is 0 Å². The average Bonchev–Trinajstić information content (AvgIpc) is 3.12. The Morgan fingerprint density at radius 1 is 1.00 bits per heavy atom. The molecule has 2 nitrogen and oxygen atoms in total. The van der Waals surface area contributed by atoms with Gasteiger partial charge in [-0.25, -0.2) is 0 Å². The molecule has 3 aliphatic rings. The molecule has 0 aromatic heterocycles. The van der Waals surface area contributed by atoms with Gasteiger partial charge in [0.2, 0.25) is 0 Å². The fraction of sp³-hybridized carbons (Fsp3) is 1.00. The van der Waals surface area contributed by atoms with Crippen LogP contribution in [0.3, 0.4) is 0 Å². The number of hydrogen-bond donors (Lipinski definition) is 1. The van der Waals surface area contributed by atoms with Gasteiger partial charge >= 0.3 is 0 Å². The molecular weight excluding hydrogens is 234 g/mol. The smallest absolute Gasteiger partial charge is 0.0687 e. The lowest BCUT2D eigenvalue weighted by Crippen LogP contribution is -2.36. The van der Waals surface area contributed by atoms with Crippen LogP contribution in [0.2, 0.25) is 0 Å². The van der Waals surface area contributed by atoms with Gasteiger partial charge in [-0.2, -0.15) is 0 Å². The zero-order valence-electron chi connectivity index (χ0n) is 12.7. The Morgan fingerprint density at radius 2 is 1.68 bits per heavy atom. The first kappa shape index (κ1) is 13.9. The predicted octanol–water partition coefficient (Wildman–Crippen LogP) is 4.04. The van der Waals surface area contributed by atoms with Crippen LogP contribution in [-0.4, -0.2) is 24.8 Å². The molecule has 1 aliphatic heterocycles. The molecule has 1 unspecified atom stereocenters. The van der Waals surface area contributed by atoms with E-state index >= 15 is 0 Å². The van der Waals surface area contributed by atoms with Gasteiger partial charge in [-0.1, -0.05) is 32.6 Å². The van der Waals surface area contributed by atoms with Crippen molar-refractivity contribution in [2.24, 2.45) is 5.41 Å². The molecule has 1 saturated heterocycles. The maximum atomic E-state index is 6.55. The molecule has 19 heavy (non-hydrogen) atoms. The average molecular weight is 265 g/mol. The van der Waals surface area contributed by atoms with Crippen molar-refractivity contribution in [1.82, 2.24) is 5.32 Å². The molecule has 1 N–H and O–H groups in total. The monoisotopic (exact) mass is 265 g/mol. The highest BCUT2D eigenvalue weighted by molar-refractivity contribution is 4.96.